The van der Waals surface area contributed by atoms with Gasteiger partial charge >= 0.3 is 0 Å². The van der Waals surface area contributed by atoms with Gasteiger partial charge in [0.1, 0.15) is 5.75 Å². The smallest absolute Gasteiger partial charge is 0.263 e. The van der Waals surface area contributed by atoms with Crippen LogP contribution >= 0.6 is 0 Å². The van der Waals surface area contributed by atoms with Crippen LogP contribution in [0, 0.1) is 5.92 Å². The first-order chi connectivity index (χ1) is 10.7. The zero-order chi connectivity index (χ0) is 15.4. The van der Waals surface area contributed by atoms with E-state index in [1.165, 1.54) is 12.8 Å². The van der Waals surface area contributed by atoms with Crippen LogP contribution in [0.5, 0.6) is 5.75 Å². The van der Waals surface area contributed by atoms with Crippen LogP contribution in [0.1, 0.15) is 32.6 Å². The third-order valence-electron chi connectivity index (χ3n) is 4.49. The second kappa shape index (κ2) is 7.09. The Hall–Kier alpha value is -1.62. The Balaban J connectivity index is 1.42. The minimum atomic E-state index is -0.458. The maximum atomic E-state index is 12.4. The molecule has 1 amide bonds. The molecule has 3 rings (SSSR count). The Bertz CT molecular complexity index is 482. The van der Waals surface area contributed by atoms with E-state index in [1.807, 2.05) is 24.0 Å². The van der Waals surface area contributed by atoms with E-state index < -0.39 is 6.10 Å². The highest BCUT2D eigenvalue weighted by molar-refractivity contribution is 5.81. The second-order valence-corrected chi connectivity index (χ2v) is 6.40. The number of hydrogen-bond acceptors (Lipinski definition) is 4. The molecule has 120 valence electrons. The summed E-state index contributed by atoms with van der Waals surface area (Å²) in [5, 5.41) is 3.63. The molecule has 1 aliphatic heterocycles. The molecule has 0 radical (unpaired) electrons. The van der Waals surface area contributed by atoms with E-state index in [0.29, 0.717) is 11.8 Å². The zero-order valence-electron chi connectivity index (χ0n) is 13.2. The summed E-state index contributed by atoms with van der Waals surface area (Å²) in [5.74, 6) is 1.63. The van der Waals surface area contributed by atoms with Crippen LogP contribution in [0.3, 0.4) is 0 Å². The summed E-state index contributed by atoms with van der Waals surface area (Å²) in [4.78, 5) is 18.4. The van der Waals surface area contributed by atoms with Gasteiger partial charge in [0, 0.05) is 25.3 Å². The highest BCUT2D eigenvalue weighted by Gasteiger charge is 2.28. The summed E-state index contributed by atoms with van der Waals surface area (Å²) < 4.78 is 5.67. The van der Waals surface area contributed by atoms with Crippen LogP contribution < -0.4 is 10.1 Å². The molecule has 1 unspecified atom stereocenters. The quantitative estimate of drug-likeness (QED) is 0.871. The summed E-state index contributed by atoms with van der Waals surface area (Å²) in [7, 11) is 0. The Morgan fingerprint density at radius 1 is 1.41 bits per heavy atom. The van der Waals surface area contributed by atoms with E-state index >= 15 is 0 Å². The highest BCUT2D eigenvalue weighted by atomic mass is 16.5. The van der Waals surface area contributed by atoms with Crippen molar-refractivity contribution in [1.29, 1.82) is 0 Å². The van der Waals surface area contributed by atoms with E-state index in [9.17, 15) is 4.79 Å². The summed E-state index contributed by atoms with van der Waals surface area (Å²) in [5.41, 5.74) is 0. The van der Waals surface area contributed by atoms with Gasteiger partial charge in [0.2, 0.25) is 0 Å². The van der Waals surface area contributed by atoms with Gasteiger partial charge in [-0.05, 0) is 57.2 Å². The molecule has 2 fully saturated rings. The standard InChI is InChI=1S/C17H25N3O2/c1-13(22-16-3-2-8-18-12-16)17(21)20-9-6-15(7-10-20)19-11-14-4-5-14/h2-3,8,12-15,19H,4-7,9-11H2,1H3. The topological polar surface area (TPSA) is 54.5 Å². The van der Waals surface area contributed by atoms with Gasteiger partial charge in [-0.2, -0.15) is 0 Å². The number of carbonyl (C=O) groups excluding carboxylic acids is 1. The fourth-order valence-electron chi connectivity index (χ4n) is 2.89. The number of hydrogen-bond donors (Lipinski definition) is 1. The van der Waals surface area contributed by atoms with Crippen molar-refractivity contribution in [3.05, 3.63) is 24.5 Å². The van der Waals surface area contributed by atoms with Crippen molar-refractivity contribution < 1.29 is 9.53 Å². The van der Waals surface area contributed by atoms with Crippen molar-refractivity contribution in [3.8, 4) is 5.75 Å². The lowest BCUT2D eigenvalue weighted by Crippen LogP contribution is -2.48. The molecule has 0 aromatic carbocycles. The predicted molar refractivity (Wildman–Crippen MR) is 84.7 cm³/mol. The number of likely N-dealkylation sites (tertiary alicyclic amines) is 1. The molecule has 2 heterocycles. The first-order valence-electron chi connectivity index (χ1n) is 8.31. The number of ether oxygens (including phenoxy) is 1. The highest BCUT2D eigenvalue weighted by Crippen LogP contribution is 2.28. The predicted octanol–water partition coefficient (Wildman–Crippen LogP) is 1.84. The molecule has 5 heteroatoms. The van der Waals surface area contributed by atoms with Crippen molar-refractivity contribution in [3.63, 3.8) is 0 Å². The van der Waals surface area contributed by atoms with Gasteiger partial charge in [0.15, 0.2) is 6.10 Å². The minimum Gasteiger partial charge on any atom is -0.479 e. The van der Waals surface area contributed by atoms with Gasteiger partial charge < -0.3 is 15.0 Å². The lowest BCUT2D eigenvalue weighted by atomic mass is 10.0. The van der Waals surface area contributed by atoms with Crippen molar-refractivity contribution in [1.82, 2.24) is 15.2 Å². The molecular weight excluding hydrogens is 278 g/mol. The van der Waals surface area contributed by atoms with Crippen molar-refractivity contribution in [2.45, 2.75) is 44.8 Å². The molecule has 1 atom stereocenters. The van der Waals surface area contributed by atoms with Crippen LogP contribution in [-0.2, 0) is 4.79 Å². The van der Waals surface area contributed by atoms with Gasteiger partial charge in [-0.1, -0.05) is 0 Å². The number of nitrogens with one attached hydrogen (secondary N) is 1. The molecule has 1 aromatic rings. The molecule has 1 N–H and O–H groups in total. The molecule has 5 nitrogen and oxygen atoms in total. The number of nitrogens with zero attached hydrogens (tertiary/aromatic N) is 2. The SMILES string of the molecule is CC(Oc1cccnc1)C(=O)N1CCC(NCC2CC2)CC1. The van der Waals surface area contributed by atoms with Crippen LogP contribution in [0.15, 0.2) is 24.5 Å². The Morgan fingerprint density at radius 2 is 2.18 bits per heavy atom. The number of aromatic nitrogens is 1. The minimum absolute atomic E-state index is 0.0736. The molecule has 0 spiro atoms. The molecule has 1 aromatic heterocycles. The average molecular weight is 303 g/mol. The Kier molecular flexibility index (Phi) is 4.93. The molecule has 0 bridgehead atoms. The van der Waals surface area contributed by atoms with Crippen LogP contribution in [-0.4, -0.2) is 47.6 Å². The normalized spacial score (nSPS) is 20.7. The third kappa shape index (κ3) is 4.19. The van der Waals surface area contributed by atoms with Crippen molar-refractivity contribution in [2.24, 2.45) is 5.92 Å². The third-order valence-corrected chi connectivity index (χ3v) is 4.49. The molecule has 1 aliphatic carbocycles. The number of piperidine rings is 1. The molecular formula is C17H25N3O2. The van der Waals surface area contributed by atoms with Crippen LogP contribution in [0.2, 0.25) is 0 Å². The van der Waals surface area contributed by atoms with Gasteiger partial charge in [0.05, 0.1) is 6.20 Å². The lowest BCUT2D eigenvalue weighted by Gasteiger charge is -2.34. The maximum absolute atomic E-state index is 12.4. The summed E-state index contributed by atoms with van der Waals surface area (Å²) in [6, 6.07) is 4.20. The second-order valence-electron chi connectivity index (χ2n) is 6.40. The van der Waals surface area contributed by atoms with E-state index in [1.54, 1.807) is 12.4 Å². The first kappa shape index (κ1) is 15.3. The van der Waals surface area contributed by atoms with Gasteiger partial charge in [-0.25, -0.2) is 0 Å². The monoisotopic (exact) mass is 303 g/mol. The maximum Gasteiger partial charge on any atom is 0.263 e. The van der Waals surface area contributed by atoms with E-state index in [-0.39, 0.29) is 5.91 Å². The fourth-order valence-corrected chi connectivity index (χ4v) is 2.89. The van der Waals surface area contributed by atoms with Gasteiger partial charge in [0.25, 0.3) is 5.91 Å². The fraction of sp³-hybridized carbons (Fsp3) is 0.647. The number of carbonyl (C=O) groups is 1. The molecule has 22 heavy (non-hydrogen) atoms. The number of rotatable bonds is 6. The van der Waals surface area contributed by atoms with Crippen molar-refractivity contribution >= 4 is 5.91 Å². The average Bonchev–Trinajstić information content (AvgIpc) is 3.38. The number of amides is 1. The molecule has 1 saturated carbocycles. The summed E-state index contributed by atoms with van der Waals surface area (Å²) >= 11 is 0. The van der Waals surface area contributed by atoms with E-state index in [4.69, 9.17) is 4.74 Å². The number of pyridine rings is 1. The Labute approximate surface area is 132 Å². The first-order valence-corrected chi connectivity index (χ1v) is 8.31. The van der Waals surface area contributed by atoms with Crippen LogP contribution in [0.4, 0.5) is 0 Å². The van der Waals surface area contributed by atoms with Crippen molar-refractivity contribution in [2.75, 3.05) is 19.6 Å². The Morgan fingerprint density at radius 3 is 2.82 bits per heavy atom. The van der Waals surface area contributed by atoms with Gasteiger partial charge in [-0.15, -0.1) is 0 Å². The lowest BCUT2D eigenvalue weighted by molar-refractivity contribution is -0.139. The van der Waals surface area contributed by atoms with E-state index in [0.717, 1.165) is 38.4 Å². The molecule has 2 aliphatic rings. The molecule has 1 saturated heterocycles. The van der Waals surface area contributed by atoms with Gasteiger partial charge in [-0.3, -0.25) is 9.78 Å². The summed E-state index contributed by atoms with van der Waals surface area (Å²) in [6.07, 6.45) is 7.72. The van der Waals surface area contributed by atoms with E-state index in [2.05, 4.69) is 10.3 Å². The zero-order valence-corrected chi connectivity index (χ0v) is 13.2. The summed E-state index contributed by atoms with van der Waals surface area (Å²) in [6.45, 7) is 4.61. The van der Waals surface area contributed by atoms with Crippen LogP contribution in [0.25, 0.3) is 0 Å². The largest absolute Gasteiger partial charge is 0.479 e.